The smallest absolute Gasteiger partial charge is 0.313 e. The predicted molar refractivity (Wildman–Crippen MR) is 101 cm³/mol. The maximum Gasteiger partial charge on any atom is 0.313 e. The third-order valence-corrected chi connectivity index (χ3v) is 5.00. The van der Waals surface area contributed by atoms with Crippen LogP contribution in [0.3, 0.4) is 0 Å². The molecular formula is C21H20ClNO4. The first-order valence-corrected chi connectivity index (χ1v) is 9.45. The van der Waals surface area contributed by atoms with Gasteiger partial charge >= 0.3 is 5.97 Å². The van der Waals surface area contributed by atoms with Crippen LogP contribution in [0, 0.1) is 5.92 Å². The molecule has 0 bridgehead atoms. The van der Waals surface area contributed by atoms with E-state index in [1.54, 1.807) is 30.3 Å². The normalized spacial score (nSPS) is 19.4. The molecule has 4 rings (SSSR count). The van der Waals surface area contributed by atoms with E-state index in [1.165, 1.54) is 0 Å². The predicted octanol–water partition coefficient (Wildman–Crippen LogP) is 3.45. The molecule has 1 N–H and O–H groups in total. The Hall–Kier alpha value is -2.53. The first-order valence-electron chi connectivity index (χ1n) is 9.07. The summed E-state index contributed by atoms with van der Waals surface area (Å²) in [6.07, 6.45) is 1.45. The molecule has 0 saturated heterocycles. The average molecular weight is 386 g/mol. The van der Waals surface area contributed by atoms with Gasteiger partial charge in [-0.2, -0.15) is 0 Å². The van der Waals surface area contributed by atoms with Crippen LogP contribution in [0.4, 0.5) is 0 Å². The lowest BCUT2D eigenvalue weighted by molar-refractivity contribution is -0.161. The van der Waals surface area contributed by atoms with Gasteiger partial charge in [0.2, 0.25) is 6.10 Å². The fourth-order valence-corrected chi connectivity index (χ4v) is 3.33. The van der Waals surface area contributed by atoms with Gasteiger partial charge in [-0.25, -0.2) is 0 Å². The first-order chi connectivity index (χ1) is 13.1. The lowest BCUT2D eigenvalue weighted by Gasteiger charge is -2.26. The van der Waals surface area contributed by atoms with E-state index in [-0.39, 0.29) is 18.6 Å². The second-order valence-electron chi connectivity index (χ2n) is 6.97. The third kappa shape index (κ3) is 4.25. The summed E-state index contributed by atoms with van der Waals surface area (Å²) in [4.78, 5) is 25.4. The summed E-state index contributed by atoms with van der Waals surface area (Å²) in [5.41, 5.74) is 1.53. The Bertz CT molecular complexity index is 851. The molecule has 2 aliphatic rings. The molecule has 1 aliphatic heterocycles. The number of fused-ring (bicyclic) bond motifs is 1. The van der Waals surface area contributed by atoms with Gasteiger partial charge in [0.25, 0.3) is 5.91 Å². The molecule has 1 aliphatic carbocycles. The molecule has 27 heavy (non-hydrogen) atoms. The Balaban J connectivity index is 1.49. The van der Waals surface area contributed by atoms with Gasteiger partial charge in [0.15, 0.2) is 0 Å². The molecule has 1 fully saturated rings. The molecule has 0 spiro atoms. The van der Waals surface area contributed by atoms with Crippen molar-refractivity contribution in [1.29, 1.82) is 0 Å². The minimum atomic E-state index is -0.958. The van der Waals surface area contributed by atoms with Crippen LogP contribution in [-0.2, 0) is 20.7 Å². The summed E-state index contributed by atoms with van der Waals surface area (Å²) in [7, 11) is 0. The van der Waals surface area contributed by atoms with Gasteiger partial charge in [-0.15, -0.1) is 0 Å². The van der Waals surface area contributed by atoms with Crippen LogP contribution in [0.2, 0.25) is 5.02 Å². The topological polar surface area (TPSA) is 64.6 Å². The van der Waals surface area contributed by atoms with Crippen LogP contribution in [0.5, 0.6) is 5.75 Å². The Morgan fingerprint density at radius 1 is 1.15 bits per heavy atom. The van der Waals surface area contributed by atoms with Gasteiger partial charge in [0, 0.05) is 16.6 Å². The summed E-state index contributed by atoms with van der Waals surface area (Å²) in [6, 6.07) is 14.6. The van der Waals surface area contributed by atoms with Crippen molar-refractivity contribution in [3.05, 3.63) is 64.7 Å². The lowest BCUT2D eigenvalue weighted by Crippen LogP contribution is -2.37. The van der Waals surface area contributed by atoms with E-state index in [1.807, 2.05) is 18.2 Å². The zero-order chi connectivity index (χ0) is 18.8. The van der Waals surface area contributed by atoms with Crippen LogP contribution in [-0.4, -0.2) is 24.5 Å². The highest BCUT2D eigenvalue weighted by atomic mass is 35.5. The van der Waals surface area contributed by atoms with Gasteiger partial charge in [0.05, 0.1) is 5.92 Å². The quantitative estimate of drug-likeness (QED) is 0.800. The summed E-state index contributed by atoms with van der Waals surface area (Å²) >= 11 is 6.04. The number of ether oxygens (including phenoxy) is 2. The molecule has 1 amide bonds. The molecule has 2 atom stereocenters. The first kappa shape index (κ1) is 17.9. The third-order valence-electron chi connectivity index (χ3n) is 4.76. The van der Waals surface area contributed by atoms with E-state index in [0.29, 0.717) is 17.0 Å². The van der Waals surface area contributed by atoms with Crippen molar-refractivity contribution in [2.75, 3.05) is 6.61 Å². The average Bonchev–Trinajstić information content (AvgIpc) is 3.49. The minimum absolute atomic E-state index is 0.189. The molecule has 0 unspecified atom stereocenters. The molecule has 5 nitrogen and oxygen atoms in total. The van der Waals surface area contributed by atoms with Gasteiger partial charge in [-0.1, -0.05) is 41.9 Å². The Morgan fingerprint density at radius 3 is 2.67 bits per heavy atom. The molecule has 2 aromatic carbocycles. The molecule has 1 heterocycles. The van der Waals surface area contributed by atoms with E-state index in [9.17, 15) is 9.59 Å². The number of benzene rings is 2. The zero-order valence-corrected chi connectivity index (χ0v) is 15.4. The number of nitrogens with one attached hydrogen (secondary N) is 1. The summed E-state index contributed by atoms with van der Waals surface area (Å²) in [5, 5.41) is 3.51. The minimum Gasteiger partial charge on any atom is -0.492 e. The monoisotopic (exact) mass is 385 g/mol. The number of rotatable bonds is 5. The summed E-state index contributed by atoms with van der Waals surface area (Å²) < 4.78 is 11.3. The molecule has 0 radical (unpaired) electrons. The Morgan fingerprint density at radius 2 is 1.93 bits per heavy atom. The van der Waals surface area contributed by atoms with Gasteiger partial charge in [0.1, 0.15) is 12.4 Å². The van der Waals surface area contributed by atoms with Gasteiger partial charge < -0.3 is 14.8 Å². The second-order valence-corrected chi connectivity index (χ2v) is 7.41. The van der Waals surface area contributed by atoms with Crippen molar-refractivity contribution >= 4 is 23.5 Å². The summed E-state index contributed by atoms with van der Waals surface area (Å²) in [6.45, 7) is 0.221. The van der Waals surface area contributed by atoms with Crippen LogP contribution in [0.15, 0.2) is 48.5 Å². The highest BCUT2D eigenvalue weighted by Crippen LogP contribution is 2.31. The Kier molecular flexibility index (Phi) is 5.03. The lowest BCUT2D eigenvalue weighted by atomic mass is 9.96. The number of esters is 1. The van der Waals surface area contributed by atoms with E-state index in [4.69, 9.17) is 21.1 Å². The second kappa shape index (κ2) is 7.61. The standard InChI is InChI=1S/C21H20ClNO4/c22-16-6-9-18-14(11-16)10-15(12-26-18)21(25)27-19(13-4-2-1-3-5-13)20(24)23-17-7-8-17/h1-6,9,11,15,17,19H,7-8,10,12H2,(H,23,24)/t15-,19-/m1/s1. The highest BCUT2D eigenvalue weighted by Gasteiger charge is 2.34. The van der Waals surface area contributed by atoms with Crippen LogP contribution >= 0.6 is 11.6 Å². The fourth-order valence-electron chi connectivity index (χ4n) is 3.13. The maximum absolute atomic E-state index is 12.8. The van der Waals surface area contributed by atoms with Crippen molar-refractivity contribution in [2.45, 2.75) is 31.4 Å². The molecule has 1 saturated carbocycles. The van der Waals surface area contributed by atoms with Gasteiger partial charge in [-0.05, 0) is 43.0 Å². The molecule has 2 aromatic rings. The fraction of sp³-hybridized carbons (Fsp3) is 0.333. The maximum atomic E-state index is 12.8. The number of carbonyl (C=O) groups is 2. The highest BCUT2D eigenvalue weighted by molar-refractivity contribution is 6.30. The van der Waals surface area contributed by atoms with E-state index in [0.717, 1.165) is 24.2 Å². The van der Waals surface area contributed by atoms with Crippen molar-refractivity contribution in [3.8, 4) is 5.75 Å². The largest absolute Gasteiger partial charge is 0.492 e. The Labute approximate surface area is 162 Å². The van der Waals surface area contributed by atoms with E-state index >= 15 is 0 Å². The molecular weight excluding hydrogens is 366 g/mol. The number of hydrogen-bond acceptors (Lipinski definition) is 4. The molecule has 0 aromatic heterocycles. The number of halogens is 1. The zero-order valence-electron chi connectivity index (χ0n) is 14.7. The van der Waals surface area contributed by atoms with E-state index in [2.05, 4.69) is 5.32 Å². The SMILES string of the molecule is O=C(O[C@@H](C(=O)NC1CC1)c1ccccc1)[C@H]1COc2ccc(Cl)cc2C1. The van der Waals surface area contributed by atoms with Crippen LogP contribution in [0.25, 0.3) is 0 Å². The van der Waals surface area contributed by atoms with Crippen LogP contribution in [0.1, 0.15) is 30.1 Å². The van der Waals surface area contributed by atoms with E-state index < -0.39 is 18.0 Å². The number of carbonyl (C=O) groups excluding carboxylic acids is 2. The number of amides is 1. The van der Waals surface area contributed by atoms with Gasteiger partial charge in [-0.3, -0.25) is 9.59 Å². The van der Waals surface area contributed by atoms with Crippen molar-refractivity contribution < 1.29 is 19.1 Å². The molecule has 6 heteroatoms. The molecule has 140 valence electrons. The van der Waals surface area contributed by atoms with Crippen molar-refractivity contribution in [1.82, 2.24) is 5.32 Å². The van der Waals surface area contributed by atoms with Crippen LogP contribution < -0.4 is 10.1 Å². The summed E-state index contributed by atoms with van der Waals surface area (Å²) in [5.74, 6) is -0.469. The van der Waals surface area contributed by atoms with Crippen molar-refractivity contribution in [2.24, 2.45) is 5.92 Å². The number of hydrogen-bond donors (Lipinski definition) is 1. The van der Waals surface area contributed by atoms with Crippen molar-refractivity contribution in [3.63, 3.8) is 0 Å².